The molecule has 5 nitrogen and oxygen atoms in total. The Labute approximate surface area is 164 Å². The second-order valence-electron chi connectivity index (χ2n) is 5.82. The predicted molar refractivity (Wildman–Crippen MR) is 107 cm³/mol. The van der Waals surface area contributed by atoms with Gasteiger partial charge in [0, 0.05) is 16.5 Å². The maximum absolute atomic E-state index is 12.6. The van der Waals surface area contributed by atoms with Crippen LogP contribution in [0.3, 0.4) is 0 Å². The minimum absolute atomic E-state index is 0.0882. The molecule has 0 aliphatic carbocycles. The molecule has 2 unspecified atom stereocenters. The van der Waals surface area contributed by atoms with Crippen LogP contribution in [0, 0.1) is 0 Å². The molecule has 2 aliphatic rings. The number of aliphatic imine (C=N–C) groups is 1. The van der Waals surface area contributed by atoms with E-state index >= 15 is 0 Å². The van der Waals surface area contributed by atoms with Crippen molar-refractivity contribution in [3.8, 4) is 5.88 Å². The quantitative estimate of drug-likeness (QED) is 0.697. The number of thiophene rings is 1. The number of pyridine rings is 1. The molecule has 2 atom stereocenters. The third-order valence-corrected chi connectivity index (χ3v) is 6.27. The molecule has 8 heteroatoms. The van der Waals surface area contributed by atoms with Gasteiger partial charge in [-0.05, 0) is 37.4 Å². The minimum Gasteiger partial charge on any atom is -0.478 e. The van der Waals surface area contributed by atoms with E-state index in [0.29, 0.717) is 17.6 Å². The van der Waals surface area contributed by atoms with Crippen LogP contribution in [0.1, 0.15) is 30.3 Å². The summed E-state index contributed by atoms with van der Waals surface area (Å²) in [5.41, 5.74) is 1.60. The molecule has 26 heavy (non-hydrogen) atoms. The molecule has 0 bridgehead atoms. The number of aromatic nitrogens is 1. The van der Waals surface area contributed by atoms with Gasteiger partial charge in [0.25, 0.3) is 0 Å². The fraction of sp³-hybridized carbons (Fsp3) is 0.278. The summed E-state index contributed by atoms with van der Waals surface area (Å²) in [6.07, 6.45) is 2.01. The largest absolute Gasteiger partial charge is 0.478 e. The number of nitrogens with zero attached hydrogens (tertiary/aromatic N) is 3. The lowest BCUT2D eigenvalue weighted by molar-refractivity contribution is -0.126. The van der Waals surface area contributed by atoms with E-state index in [2.05, 4.69) is 4.98 Å². The van der Waals surface area contributed by atoms with E-state index in [1.807, 2.05) is 43.5 Å². The van der Waals surface area contributed by atoms with E-state index in [1.54, 1.807) is 22.3 Å². The Morgan fingerprint density at radius 1 is 1.38 bits per heavy atom. The molecule has 1 amide bonds. The first kappa shape index (κ1) is 17.6. The van der Waals surface area contributed by atoms with Gasteiger partial charge >= 0.3 is 0 Å². The number of amides is 1. The van der Waals surface area contributed by atoms with Crippen molar-refractivity contribution >= 4 is 51.5 Å². The highest BCUT2D eigenvalue weighted by molar-refractivity contribution is 8.15. The zero-order chi connectivity index (χ0) is 18.3. The van der Waals surface area contributed by atoms with Gasteiger partial charge in [-0.2, -0.15) is 0 Å². The Morgan fingerprint density at radius 2 is 2.23 bits per heavy atom. The number of amidine groups is 1. The van der Waals surface area contributed by atoms with Crippen molar-refractivity contribution in [3.63, 3.8) is 0 Å². The zero-order valence-electron chi connectivity index (χ0n) is 14.2. The van der Waals surface area contributed by atoms with E-state index in [4.69, 9.17) is 21.3 Å². The fourth-order valence-electron chi connectivity index (χ4n) is 2.93. The van der Waals surface area contributed by atoms with Crippen molar-refractivity contribution < 1.29 is 9.53 Å². The number of hydrogen-bond donors (Lipinski definition) is 0. The molecular formula is C18H16ClN3O2S2. The summed E-state index contributed by atoms with van der Waals surface area (Å²) in [6.45, 7) is 4.32. The van der Waals surface area contributed by atoms with E-state index in [-0.39, 0.29) is 17.2 Å². The fourth-order valence-corrected chi connectivity index (χ4v) is 4.91. The van der Waals surface area contributed by atoms with Crippen LogP contribution in [0.15, 0.2) is 40.7 Å². The van der Waals surface area contributed by atoms with E-state index in [9.17, 15) is 4.79 Å². The van der Waals surface area contributed by atoms with E-state index < -0.39 is 0 Å². The van der Waals surface area contributed by atoms with Crippen molar-refractivity contribution in [1.82, 2.24) is 9.88 Å². The van der Waals surface area contributed by atoms with E-state index in [0.717, 1.165) is 21.3 Å². The molecule has 4 heterocycles. The molecule has 2 aromatic heterocycles. The molecule has 0 N–H and O–H groups in total. The molecule has 4 rings (SSSR count). The van der Waals surface area contributed by atoms with Gasteiger partial charge in [-0.1, -0.05) is 29.4 Å². The highest BCUT2D eigenvalue weighted by atomic mass is 35.5. The summed E-state index contributed by atoms with van der Waals surface area (Å²) in [5, 5.41) is 2.96. The number of carbonyl (C=O) groups is 1. The van der Waals surface area contributed by atoms with E-state index in [1.165, 1.54) is 11.8 Å². The molecule has 1 fully saturated rings. The minimum atomic E-state index is -0.162. The molecule has 0 aromatic carbocycles. The van der Waals surface area contributed by atoms with Crippen LogP contribution in [0.25, 0.3) is 5.70 Å². The average molecular weight is 406 g/mol. The van der Waals surface area contributed by atoms with Gasteiger partial charge < -0.3 is 4.74 Å². The van der Waals surface area contributed by atoms with Crippen LogP contribution < -0.4 is 4.74 Å². The van der Waals surface area contributed by atoms with Gasteiger partial charge in [0.1, 0.15) is 5.15 Å². The molecule has 1 saturated heterocycles. The summed E-state index contributed by atoms with van der Waals surface area (Å²) in [7, 11) is 0. The van der Waals surface area contributed by atoms with Crippen LogP contribution in [0.4, 0.5) is 0 Å². The third kappa shape index (κ3) is 3.15. The van der Waals surface area contributed by atoms with Crippen molar-refractivity contribution in [1.29, 1.82) is 0 Å². The maximum atomic E-state index is 12.6. The van der Waals surface area contributed by atoms with Crippen LogP contribution in [0.5, 0.6) is 5.88 Å². The summed E-state index contributed by atoms with van der Waals surface area (Å²) in [6, 6.07) is 7.47. The van der Waals surface area contributed by atoms with Gasteiger partial charge in [0.05, 0.1) is 23.6 Å². The van der Waals surface area contributed by atoms with Crippen LogP contribution in [-0.4, -0.2) is 32.8 Å². The maximum Gasteiger partial charge on any atom is 0.242 e. The lowest BCUT2D eigenvalue weighted by Crippen LogP contribution is -2.35. The molecule has 0 saturated carbocycles. The van der Waals surface area contributed by atoms with Gasteiger partial charge in [0.15, 0.2) is 5.17 Å². The standard InChI is InChI=1S/C18H16ClN3O2S2/c1-3-24-16-8-11(7-15(19)21-16)12-9-13(14-5-4-6-25-14)22-17(23)10(2)26-18(22)20-12/h4-10,13H,3H2,1-2H3. The number of hydrogen-bond acceptors (Lipinski definition) is 6. The molecule has 2 aliphatic heterocycles. The highest BCUT2D eigenvalue weighted by Crippen LogP contribution is 2.42. The van der Waals surface area contributed by atoms with Crippen molar-refractivity contribution in [2.45, 2.75) is 25.1 Å². The Hall–Kier alpha value is -1.83. The lowest BCUT2D eigenvalue weighted by Gasteiger charge is -2.28. The number of ether oxygens (including phenoxy) is 1. The van der Waals surface area contributed by atoms with Gasteiger partial charge in [0.2, 0.25) is 11.8 Å². The summed E-state index contributed by atoms with van der Waals surface area (Å²) in [5.74, 6) is 0.555. The number of carbonyl (C=O) groups excluding carboxylic acids is 1. The Morgan fingerprint density at radius 3 is 2.96 bits per heavy atom. The second-order valence-corrected chi connectivity index (χ2v) is 8.50. The molecule has 0 radical (unpaired) electrons. The third-order valence-electron chi connectivity index (χ3n) is 4.08. The first-order chi connectivity index (χ1) is 12.6. The van der Waals surface area contributed by atoms with Crippen LogP contribution in [0.2, 0.25) is 5.15 Å². The SMILES string of the molecule is CCOc1cc(C2=CC(c3cccs3)N3C(=O)C(C)SC3=N2)cc(Cl)n1. The van der Waals surface area contributed by atoms with Crippen molar-refractivity contribution in [2.24, 2.45) is 4.99 Å². The average Bonchev–Trinajstić information content (AvgIpc) is 3.23. The van der Waals surface area contributed by atoms with Gasteiger partial charge in [-0.15, -0.1) is 11.3 Å². The van der Waals surface area contributed by atoms with Crippen LogP contribution in [-0.2, 0) is 4.79 Å². The number of fused-ring (bicyclic) bond motifs is 1. The first-order valence-corrected chi connectivity index (χ1v) is 10.3. The summed E-state index contributed by atoms with van der Waals surface area (Å²) >= 11 is 9.28. The summed E-state index contributed by atoms with van der Waals surface area (Å²) < 4.78 is 5.50. The Bertz CT molecular complexity index is 911. The molecule has 134 valence electrons. The highest BCUT2D eigenvalue weighted by Gasteiger charge is 2.42. The Kier molecular flexibility index (Phi) is 4.77. The monoisotopic (exact) mass is 405 g/mol. The second kappa shape index (κ2) is 7.06. The van der Waals surface area contributed by atoms with Crippen molar-refractivity contribution in [3.05, 3.63) is 51.3 Å². The zero-order valence-corrected chi connectivity index (χ0v) is 16.6. The Balaban J connectivity index is 1.80. The smallest absolute Gasteiger partial charge is 0.242 e. The number of halogens is 1. The number of thioether (sulfide) groups is 1. The molecular weight excluding hydrogens is 390 g/mol. The van der Waals surface area contributed by atoms with Crippen LogP contribution >= 0.6 is 34.7 Å². The predicted octanol–water partition coefficient (Wildman–Crippen LogP) is 4.61. The molecule has 2 aromatic rings. The molecule has 0 spiro atoms. The number of rotatable bonds is 4. The van der Waals surface area contributed by atoms with Crippen molar-refractivity contribution in [2.75, 3.05) is 6.61 Å². The normalized spacial score (nSPS) is 22.1. The van der Waals surface area contributed by atoms with Gasteiger partial charge in [-0.3, -0.25) is 9.69 Å². The first-order valence-electron chi connectivity index (χ1n) is 8.21. The van der Waals surface area contributed by atoms with Gasteiger partial charge in [-0.25, -0.2) is 9.98 Å². The topological polar surface area (TPSA) is 54.8 Å². The summed E-state index contributed by atoms with van der Waals surface area (Å²) in [4.78, 5) is 24.4. The lowest BCUT2D eigenvalue weighted by atomic mass is 10.1.